The van der Waals surface area contributed by atoms with Crippen LogP contribution in [-0.4, -0.2) is 0 Å². The summed E-state index contributed by atoms with van der Waals surface area (Å²) in [5.74, 6) is -0.226. The largest absolute Gasteiger partial charge is 0.207 e. The van der Waals surface area contributed by atoms with Crippen molar-refractivity contribution in [2.24, 2.45) is 0 Å². The Morgan fingerprint density at radius 3 is 2.26 bits per heavy atom. The zero-order valence-corrected chi connectivity index (χ0v) is 10.3. The summed E-state index contributed by atoms with van der Waals surface area (Å²) < 4.78 is 13.3. The predicted molar refractivity (Wildman–Crippen MR) is 76.1 cm³/mol. The van der Waals surface area contributed by atoms with Gasteiger partial charge in [-0.2, -0.15) is 0 Å². The Hall–Kier alpha value is -2.41. The van der Waals surface area contributed by atoms with Gasteiger partial charge in [-0.05, 0) is 46.5 Å². The van der Waals surface area contributed by atoms with E-state index in [2.05, 4.69) is 18.2 Å². The molecule has 3 aromatic rings. The molecule has 0 atom stereocenters. The van der Waals surface area contributed by atoms with Crippen LogP contribution >= 0.6 is 0 Å². The molecule has 0 saturated carbocycles. The van der Waals surface area contributed by atoms with Gasteiger partial charge in [-0.25, -0.2) is 4.39 Å². The molecule has 91 valence electrons. The van der Waals surface area contributed by atoms with Crippen molar-refractivity contribution >= 4 is 0 Å². The Morgan fingerprint density at radius 2 is 1.47 bits per heavy atom. The van der Waals surface area contributed by atoms with Gasteiger partial charge in [0.1, 0.15) is 5.82 Å². The number of benzene rings is 3. The van der Waals surface area contributed by atoms with Gasteiger partial charge in [0.15, 0.2) is 0 Å². The van der Waals surface area contributed by atoms with Crippen molar-refractivity contribution in [1.82, 2.24) is 0 Å². The third kappa shape index (κ3) is 2.55. The van der Waals surface area contributed by atoms with Crippen molar-refractivity contribution in [3.63, 3.8) is 0 Å². The van der Waals surface area contributed by atoms with E-state index in [9.17, 15) is 4.39 Å². The van der Waals surface area contributed by atoms with Crippen LogP contribution in [0.4, 0.5) is 4.39 Å². The Bertz CT molecular complexity index is 687. The highest BCUT2D eigenvalue weighted by Crippen LogP contribution is 2.26. The molecule has 1 radical (unpaired) electrons. The zero-order valence-electron chi connectivity index (χ0n) is 10.3. The van der Waals surface area contributed by atoms with E-state index >= 15 is 0 Å². The van der Waals surface area contributed by atoms with Gasteiger partial charge < -0.3 is 0 Å². The SMILES string of the molecule is Fc1cccc(-c2[c]ccc(-c3ccccc3)c2)c1. The fourth-order valence-corrected chi connectivity index (χ4v) is 2.10. The molecular formula is C18H12F. The first-order valence-corrected chi connectivity index (χ1v) is 6.16. The minimum absolute atomic E-state index is 0.226. The molecule has 0 unspecified atom stereocenters. The van der Waals surface area contributed by atoms with Gasteiger partial charge in [-0.1, -0.05) is 54.6 Å². The normalized spacial score (nSPS) is 10.4. The summed E-state index contributed by atoms with van der Waals surface area (Å²) in [6.07, 6.45) is 0. The average Bonchev–Trinajstić information content (AvgIpc) is 2.48. The van der Waals surface area contributed by atoms with E-state index in [0.29, 0.717) is 0 Å². The lowest BCUT2D eigenvalue weighted by atomic mass is 9.99. The van der Waals surface area contributed by atoms with Crippen LogP contribution < -0.4 is 0 Å². The topological polar surface area (TPSA) is 0 Å². The maximum atomic E-state index is 13.3. The third-order valence-electron chi connectivity index (χ3n) is 3.04. The second kappa shape index (κ2) is 5.07. The molecule has 0 bridgehead atoms. The molecule has 3 aromatic carbocycles. The molecule has 0 nitrogen and oxygen atoms in total. The smallest absolute Gasteiger partial charge is 0.123 e. The molecule has 0 aliphatic heterocycles. The summed E-state index contributed by atoms with van der Waals surface area (Å²) in [7, 11) is 0. The van der Waals surface area contributed by atoms with Crippen LogP contribution in [0.3, 0.4) is 0 Å². The second-order valence-corrected chi connectivity index (χ2v) is 4.37. The molecular weight excluding hydrogens is 235 g/mol. The summed E-state index contributed by atoms with van der Waals surface area (Å²) in [6, 6.07) is 25.8. The van der Waals surface area contributed by atoms with Crippen LogP contribution in [0.1, 0.15) is 0 Å². The number of halogens is 1. The monoisotopic (exact) mass is 247 g/mol. The first-order chi connectivity index (χ1) is 9.33. The molecule has 0 aliphatic carbocycles. The van der Waals surface area contributed by atoms with Gasteiger partial charge in [0.2, 0.25) is 0 Å². The van der Waals surface area contributed by atoms with E-state index < -0.39 is 0 Å². The predicted octanol–water partition coefficient (Wildman–Crippen LogP) is 4.96. The van der Waals surface area contributed by atoms with Crippen molar-refractivity contribution < 1.29 is 4.39 Å². The third-order valence-corrected chi connectivity index (χ3v) is 3.04. The molecule has 0 heterocycles. The first kappa shape index (κ1) is 11.7. The Morgan fingerprint density at radius 1 is 0.684 bits per heavy atom. The standard InChI is InChI=1S/C18H12F/c19-18-11-5-10-17(13-18)16-9-4-8-15(12-16)14-6-2-1-3-7-14/h1-8,10-13H. The fraction of sp³-hybridized carbons (Fsp3) is 0. The van der Waals surface area contributed by atoms with Crippen molar-refractivity contribution in [2.45, 2.75) is 0 Å². The summed E-state index contributed by atoms with van der Waals surface area (Å²) in [6.45, 7) is 0. The Labute approximate surface area is 112 Å². The zero-order chi connectivity index (χ0) is 13.1. The van der Waals surface area contributed by atoms with E-state index in [1.165, 1.54) is 12.1 Å². The van der Waals surface area contributed by atoms with Gasteiger partial charge in [0.05, 0.1) is 0 Å². The lowest BCUT2D eigenvalue weighted by molar-refractivity contribution is 0.628. The molecule has 0 amide bonds. The minimum atomic E-state index is -0.226. The number of rotatable bonds is 2. The van der Waals surface area contributed by atoms with Crippen LogP contribution in [0.2, 0.25) is 0 Å². The fourth-order valence-electron chi connectivity index (χ4n) is 2.10. The van der Waals surface area contributed by atoms with Gasteiger partial charge >= 0.3 is 0 Å². The quantitative estimate of drug-likeness (QED) is 0.600. The second-order valence-electron chi connectivity index (χ2n) is 4.37. The molecule has 0 aliphatic rings. The number of hydrogen-bond acceptors (Lipinski definition) is 0. The van der Waals surface area contributed by atoms with E-state index in [-0.39, 0.29) is 5.82 Å². The van der Waals surface area contributed by atoms with Gasteiger partial charge in [0, 0.05) is 0 Å². The highest BCUT2D eigenvalue weighted by atomic mass is 19.1. The highest BCUT2D eigenvalue weighted by Gasteiger charge is 2.02. The van der Waals surface area contributed by atoms with Crippen LogP contribution in [0, 0.1) is 11.9 Å². The van der Waals surface area contributed by atoms with Crippen LogP contribution in [-0.2, 0) is 0 Å². The minimum Gasteiger partial charge on any atom is -0.207 e. The molecule has 0 N–H and O–H groups in total. The van der Waals surface area contributed by atoms with Crippen molar-refractivity contribution in [3.8, 4) is 22.3 Å². The van der Waals surface area contributed by atoms with Crippen LogP contribution in [0.25, 0.3) is 22.3 Å². The highest BCUT2D eigenvalue weighted by molar-refractivity contribution is 5.72. The summed E-state index contributed by atoms with van der Waals surface area (Å²) in [5.41, 5.74) is 4.01. The average molecular weight is 247 g/mol. The Kier molecular flexibility index (Phi) is 3.11. The molecule has 0 fully saturated rings. The summed E-state index contributed by atoms with van der Waals surface area (Å²) in [5, 5.41) is 0. The van der Waals surface area contributed by atoms with E-state index in [4.69, 9.17) is 0 Å². The van der Waals surface area contributed by atoms with E-state index in [1.807, 2.05) is 42.5 Å². The maximum Gasteiger partial charge on any atom is 0.123 e. The molecule has 19 heavy (non-hydrogen) atoms. The number of hydrogen-bond donors (Lipinski definition) is 0. The molecule has 1 heteroatoms. The molecule has 0 saturated heterocycles. The summed E-state index contributed by atoms with van der Waals surface area (Å²) in [4.78, 5) is 0. The van der Waals surface area contributed by atoms with Gasteiger partial charge in [-0.15, -0.1) is 0 Å². The van der Waals surface area contributed by atoms with Crippen molar-refractivity contribution in [2.75, 3.05) is 0 Å². The molecule has 0 aromatic heterocycles. The van der Waals surface area contributed by atoms with Crippen LogP contribution in [0.5, 0.6) is 0 Å². The van der Waals surface area contributed by atoms with Gasteiger partial charge in [0.25, 0.3) is 0 Å². The first-order valence-electron chi connectivity index (χ1n) is 6.16. The van der Waals surface area contributed by atoms with E-state index in [0.717, 1.165) is 22.3 Å². The maximum absolute atomic E-state index is 13.3. The molecule has 3 rings (SSSR count). The van der Waals surface area contributed by atoms with Crippen LogP contribution in [0.15, 0.2) is 72.8 Å². The Balaban J connectivity index is 2.06. The van der Waals surface area contributed by atoms with E-state index in [1.54, 1.807) is 6.07 Å². The lowest BCUT2D eigenvalue weighted by Gasteiger charge is -2.05. The molecule has 0 spiro atoms. The van der Waals surface area contributed by atoms with Crippen molar-refractivity contribution in [3.05, 3.63) is 84.7 Å². The lowest BCUT2D eigenvalue weighted by Crippen LogP contribution is -1.82. The summed E-state index contributed by atoms with van der Waals surface area (Å²) >= 11 is 0. The van der Waals surface area contributed by atoms with Gasteiger partial charge in [-0.3, -0.25) is 0 Å². The van der Waals surface area contributed by atoms with Crippen molar-refractivity contribution in [1.29, 1.82) is 0 Å².